The lowest BCUT2D eigenvalue weighted by Crippen LogP contribution is -2.54. The molecule has 41 heavy (non-hydrogen) atoms. The minimum atomic E-state index is -4.07. The van der Waals surface area contributed by atoms with Crippen LogP contribution < -0.4 is 14.4 Å². The summed E-state index contributed by atoms with van der Waals surface area (Å²) in [6, 6.07) is 23.3. The van der Waals surface area contributed by atoms with Crippen LogP contribution in [0, 0.1) is 0 Å². The van der Waals surface area contributed by atoms with Gasteiger partial charge in [0, 0.05) is 12.6 Å². The second kappa shape index (κ2) is 14.2. The number of para-hydroxylation sites is 1. The van der Waals surface area contributed by atoms with Crippen LogP contribution in [0.4, 0.5) is 5.69 Å². The zero-order valence-corrected chi connectivity index (χ0v) is 24.6. The van der Waals surface area contributed by atoms with Crippen molar-refractivity contribution in [2.45, 2.75) is 69.0 Å². The molecule has 4 rings (SSSR count). The number of hydrogen-bond donors (Lipinski definition) is 1. The van der Waals surface area contributed by atoms with E-state index in [0.717, 1.165) is 42.0 Å². The van der Waals surface area contributed by atoms with Crippen LogP contribution in [0.15, 0.2) is 89.8 Å². The van der Waals surface area contributed by atoms with E-state index in [0.29, 0.717) is 17.9 Å². The molecular weight excluding hydrogens is 538 g/mol. The molecule has 3 aromatic rings. The van der Waals surface area contributed by atoms with Gasteiger partial charge in [0.05, 0.1) is 17.7 Å². The van der Waals surface area contributed by atoms with Crippen LogP contribution >= 0.6 is 0 Å². The highest BCUT2D eigenvalue weighted by Gasteiger charge is 2.34. The van der Waals surface area contributed by atoms with Gasteiger partial charge in [0.2, 0.25) is 11.8 Å². The minimum Gasteiger partial charge on any atom is -0.497 e. The largest absolute Gasteiger partial charge is 0.497 e. The fourth-order valence-electron chi connectivity index (χ4n) is 5.23. The van der Waals surface area contributed by atoms with Gasteiger partial charge < -0.3 is 15.0 Å². The smallest absolute Gasteiger partial charge is 0.264 e. The number of ether oxygens (including phenoxy) is 1. The predicted molar refractivity (Wildman–Crippen MR) is 160 cm³/mol. The molecule has 9 heteroatoms. The van der Waals surface area contributed by atoms with E-state index in [9.17, 15) is 18.0 Å². The lowest BCUT2D eigenvalue weighted by Gasteiger charge is -2.34. The van der Waals surface area contributed by atoms with Crippen molar-refractivity contribution < 1.29 is 22.7 Å². The van der Waals surface area contributed by atoms with E-state index in [1.54, 1.807) is 67.8 Å². The minimum absolute atomic E-state index is 0.0837. The molecule has 1 aliphatic carbocycles. The molecule has 0 aromatic heterocycles. The van der Waals surface area contributed by atoms with Gasteiger partial charge in [0.25, 0.3) is 10.0 Å². The number of sulfonamides is 1. The highest BCUT2D eigenvalue weighted by atomic mass is 32.2. The van der Waals surface area contributed by atoms with Crippen LogP contribution in [-0.2, 0) is 26.2 Å². The lowest BCUT2D eigenvalue weighted by atomic mass is 9.95. The van der Waals surface area contributed by atoms with Crippen LogP contribution in [0.1, 0.15) is 51.0 Å². The lowest BCUT2D eigenvalue weighted by molar-refractivity contribution is -0.140. The van der Waals surface area contributed by atoms with E-state index >= 15 is 0 Å². The topological polar surface area (TPSA) is 96.0 Å². The third-order valence-electron chi connectivity index (χ3n) is 7.50. The number of anilines is 1. The summed E-state index contributed by atoms with van der Waals surface area (Å²) in [6.45, 7) is 1.56. The van der Waals surface area contributed by atoms with E-state index in [1.165, 1.54) is 17.0 Å². The fraction of sp³-hybridized carbons (Fsp3) is 0.375. The van der Waals surface area contributed by atoms with E-state index in [1.807, 2.05) is 19.1 Å². The van der Waals surface area contributed by atoms with Crippen molar-refractivity contribution in [1.29, 1.82) is 0 Å². The number of amides is 2. The maximum absolute atomic E-state index is 14.1. The number of nitrogens with one attached hydrogen (secondary N) is 1. The van der Waals surface area contributed by atoms with Gasteiger partial charge >= 0.3 is 0 Å². The third kappa shape index (κ3) is 7.67. The molecule has 0 radical (unpaired) electrons. The quantitative estimate of drug-likeness (QED) is 0.321. The zero-order chi connectivity index (χ0) is 29.2. The molecular formula is C32H39N3O5S. The van der Waals surface area contributed by atoms with Gasteiger partial charge in [-0.3, -0.25) is 13.9 Å². The number of benzene rings is 3. The van der Waals surface area contributed by atoms with Crippen molar-refractivity contribution in [3.8, 4) is 5.75 Å². The predicted octanol–water partition coefficient (Wildman–Crippen LogP) is 5.15. The van der Waals surface area contributed by atoms with E-state index < -0.39 is 28.5 Å². The Labute approximate surface area is 243 Å². The number of nitrogens with zero attached hydrogens (tertiary/aromatic N) is 2. The molecule has 0 heterocycles. The zero-order valence-electron chi connectivity index (χ0n) is 23.7. The summed E-state index contributed by atoms with van der Waals surface area (Å²) in [5.41, 5.74) is 1.18. The Morgan fingerprint density at radius 3 is 2.10 bits per heavy atom. The Kier molecular flexibility index (Phi) is 10.4. The van der Waals surface area contributed by atoms with Gasteiger partial charge in [0.15, 0.2) is 0 Å². The van der Waals surface area contributed by atoms with Gasteiger partial charge in [-0.15, -0.1) is 0 Å². The molecule has 0 saturated heterocycles. The molecule has 8 nitrogen and oxygen atoms in total. The fourth-order valence-corrected chi connectivity index (χ4v) is 6.67. The Balaban J connectivity index is 1.67. The molecule has 1 saturated carbocycles. The second-order valence-electron chi connectivity index (χ2n) is 10.3. The molecule has 1 aliphatic rings. The van der Waals surface area contributed by atoms with Crippen molar-refractivity contribution in [3.05, 3.63) is 90.5 Å². The molecule has 0 spiro atoms. The standard InChI is InChI=1S/C32H39N3O5S/c1-3-30(32(37)33-26-13-7-4-8-14-26)34(23-25-19-21-28(40-2)22-20-25)31(36)24-35(27-15-9-5-10-16-27)41(38,39)29-17-11-6-12-18-29/h5-6,9-12,15-22,26,30H,3-4,7-8,13-14,23-24H2,1-2H3,(H,33,37)/t30-/m1/s1. The van der Waals surface area contributed by atoms with Gasteiger partial charge in [-0.05, 0) is 61.2 Å². The number of hydrogen-bond acceptors (Lipinski definition) is 5. The van der Waals surface area contributed by atoms with Crippen LogP contribution in [0.5, 0.6) is 5.75 Å². The number of rotatable bonds is 12. The molecule has 1 fully saturated rings. The molecule has 0 unspecified atom stereocenters. The summed E-state index contributed by atoms with van der Waals surface area (Å²) in [5, 5.41) is 3.17. The molecule has 0 aliphatic heterocycles. The third-order valence-corrected chi connectivity index (χ3v) is 9.29. The first kappa shape index (κ1) is 30.1. The summed E-state index contributed by atoms with van der Waals surface area (Å²) in [4.78, 5) is 29.3. The van der Waals surface area contributed by atoms with Crippen molar-refractivity contribution in [2.75, 3.05) is 18.0 Å². The first-order valence-corrected chi connectivity index (χ1v) is 15.6. The summed E-state index contributed by atoms with van der Waals surface area (Å²) >= 11 is 0. The molecule has 2 amide bonds. The van der Waals surface area contributed by atoms with Crippen LogP contribution in [0.25, 0.3) is 0 Å². The summed E-state index contributed by atoms with van der Waals surface area (Å²) in [6.07, 6.45) is 5.53. The monoisotopic (exact) mass is 577 g/mol. The van der Waals surface area contributed by atoms with Crippen molar-refractivity contribution in [2.24, 2.45) is 0 Å². The van der Waals surface area contributed by atoms with Crippen molar-refractivity contribution in [1.82, 2.24) is 10.2 Å². The number of carbonyl (C=O) groups excluding carboxylic acids is 2. The Bertz CT molecular complexity index is 1380. The Morgan fingerprint density at radius 2 is 1.51 bits per heavy atom. The van der Waals surface area contributed by atoms with E-state index in [4.69, 9.17) is 4.74 Å². The van der Waals surface area contributed by atoms with Gasteiger partial charge in [-0.25, -0.2) is 8.42 Å². The van der Waals surface area contributed by atoms with Crippen molar-refractivity contribution >= 4 is 27.5 Å². The molecule has 1 atom stereocenters. The SMILES string of the molecule is CC[C@H](C(=O)NC1CCCCC1)N(Cc1ccc(OC)cc1)C(=O)CN(c1ccccc1)S(=O)(=O)c1ccccc1. The number of methoxy groups -OCH3 is 1. The molecule has 218 valence electrons. The summed E-state index contributed by atoms with van der Waals surface area (Å²) < 4.78 is 34.0. The first-order chi connectivity index (χ1) is 19.8. The van der Waals surface area contributed by atoms with Gasteiger partial charge in [-0.2, -0.15) is 0 Å². The molecule has 0 bridgehead atoms. The maximum Gasteiger partial charge on any atom is 0.264 e. The highest BCUT2D eigenvalue weighted by Crippen LogP contribution is 2.25. The Morgan fingerprint density at radius 1 is 0.902 bits per heavy atom. The van der Waals surface area contributed by atoms with E-state index in [-0.39, 0.29) is 23.4 Å². The average molecular weight is 578 g/mol. The van der Waals surface area contributed by atoms with E-state index in [2.05, 4.69) is 5.32 Å². The van der Waals surface area contributed by atoms with Crippen LogP contribution in [-0.4, -0.2) is 50.9 Å². The van der Waals surface area contributed by atoms with Crippen molar-refractivity contribution in [3.63, 3.8) is 0 Å². The van der Waals surface area contributed by atoms with Gasteiger partial charge in [0.1, 0.15) is 18.3 Å². The van der Waals surface area contributed by atoms with Crippen LogP contribution in [0.2, 0.25) is 0 Å². The maximum atomic E-state index is 14.1. The molecule has 1 N–H and O–H groups in total. The summed E-state index contributed by atoms with van der Waals surface area (Å²) in [5.74, 6) is 0.00572. The second-order valence-corrected chi connectivity index (χ2v) is 12.2. The van der Waals surface area contributed by atoms with Crippen LogP contribution in [0.3, 0.4) is 0 Å². The summed E-state index contributed by atoms with van der Waals surface area (Å²) in [7, 11) is -2.49. The average Bonchev–Trinajstić information content (AvgIpc) is 3.01. The number of carbonyl (C=O) groups is 2. The normalized spacial score (nSPS) is 14.6. The Hall–Kier alpha value is -3.85. The van der Waals surface area contributed by atoms with Gasteiger partial charge in [-0.1, -0.05) is 74.7 Å². The first-order valence-electron chi connectivity index (χ1n) is 14.2. The molecule has 3 aromatic carbocycles. The highest BCUT2D eigenvalue weighted by molar-refractivity contribution is 7.92.